The summed E-state index contributed by atoms with van der Waals surface area (Å²) in [7, 11) is 0. The van der Waals surface area contributed by atoms with E-state index in [1.165, 1.54) is 11.1 Å². The van der Waals surface area contributed by atoms with Crippen LogP contribution < -0.4 is 10.2 Å². The first-order valence-electron chi connectivity index (χ1n) is 9.24. The number of aromatic nitrogens is 5. The van der Waals surface area contributed by atoms with Crippen LogP contribution in [-0.4, -0.2) is 31.3 Å². The van der Waals surface area contributed by atoms with Crippen LogP contribution in [0.15, 0.2) is 73.2 Å². The van der Waals surface area contributed by atoms with Crippen molar-refractivity contribution in [1.82, 2.24) is 24.7 Å². The summed E-state index contributed by atoms with van der Waals surface area (Å²) in [5.74, 6) is 2.82. The number of pyridine rings is 1. The van der Waals surface area contributed by atoms with Gasteiger partial charge in [-0.15, -0.1) is 0 Å². The van der Waals surface area contributed by atoms with Crippen LogP contribution in [0.4, 0.5) is 17.5 Å². The van der Waals surface area contributed by atoms with Gasteiger partial charge in [0, 0.05) is 37.7 Å². The monoisotopic (exact) mass is 369 g/mol. The third-order valence-corrected chi connectivity index (χ3v) is 4.79. The smallest absolute Gasteiger partial charge is 0.254 e. The molecule has 138 valence electrons. The van der Waals surface area contributed by atoms with E-state index in [1.54, 1.807) is 17.1 Å². The molecule has 1 aromatic carbocycles. The minimum atomic E-state index is 0.528. The Balaban J connectivity index is 1.52. The molecule has 0 aliphatic carbocycles. The van der Waals surface area contributed by atoms with E-state index in [-0.39, 0.29) is 0 Å². The molecule has 1 N–H and O–H groups in total. The van der Waals surface area contributed by atoms with Crippen LogP contribution in [0.25, 0.3) is 5.95 Å². The zero-order valence-electron chi connectivity index (χ0n) is 15.2. The van der Waals surface area contributed by atoms with E-state index in [1.807, 2.05) is 36.5 Å². The molecule has 0 saturated heterocycles. The molecule has 0 amide bonds. The Morgan fingerprint density at radius 1 is 0.857 bits per heavy atom. The number of fused-ring (bicyclic) bond motifs is 1. The van der Waals surface area contributed by atoms with Gasteiger partial charge in [0.15, 0.2) is 0 Å². The summed E-state index contributed by atoms with van der Waals surface area (Å²) in [5.41, 5.74) is 2.75. The minimum absolute atomic E-state index is 0.528. The highest BCUT2D eigenvalue weighted by molar-refractivity contribution is 5.58. The molecule has 0 unspecified atom stereocenters. The van der Waals surface area contributed by atoms with Crippen LogP contribution in [0, 0.1) is 0 Å². The van der Waals surface area contributed by atoms with Crippen LogP contribution in [0.1, 0.15) is 11.1 Å². The van der Waals surface area contributed by atoms with Gasteiger partial charge < -0.3 is 10.2 Å². The van der Waals surface area contributed by atoms with Crippen LogP contribution in [0.3, 0.4) is 0 Å². The van der Waals surface area contributed by atoms with E-state index in [2.05, 4.69) is 49.5 Å². The summed E-state index contributed by atoms with van der Waals surface area (Å²) in [4.78, 5) is 16.0. The summed E-state index contributed by atoms with van der Waals surface area (Å²) in [5, 5.41) is 7.56. The van der Waals surface area contributed by atoms with E-state index in [0.717, 1.165) is 31.1 Å². The molecule has 1 aliphatic rings. The van der Waals surface area contributed by atoms with Gasteiger partial charge in [0.25, 0.3) is 5.95 Å². The molecule has 0 spiro atoms. The topological polar surface area (TPSA) is 71.8 Å². The van der Waals surface area contributed by atoms with Gasteiger partial charge in [-0.2, -0.15) is 15.1 Å². The van der Waals surface area contributed by atoms with Gasteiger partial charge >= 0.3 is 0 Å². The largest absolute Gasteiger partial charge is 0.352 e. The molecule has 7 nitrogen and oxygen atoms in total. The molecule has 3 aromatic heterocycles. The molecule has 4 aromatic rings. The van der Waals surface area contributed by atoms with Gasteiger partial charge in [-0.25, -0.2) is 9.67 Å². The first-order chi connectivity index (χ1) is 13.8. The highest BCUT2D eigenvalue weighted by Gasteiger charge is 2.19. The van der Waals surface area contributed by atoms with Crippen molar-refractivity contribution in [3.05, 3.63) is 84.3 Å². The third kappa shape index (κ3) is 3.29. The maximum absolute atomic E-state index is 4.77. The van der Waals surface area contributed by atoms with Crippen molar-refractivity contribution in [2.24, 2.45) is 0 Å². The minimum Gasteiger partial charge on any atom is -0.352 e. The number of nitrogens with one attached hydrogen (secondary N) is 1. The van der Waals surface area contributed by atoms with Gasteiger partial charge in [0.2, 0.25) is 0 Å². The molecule has 0 saturated carbocycles. The SMILES string of the molecule is c1ccc(Nc2cc(N3CCc4ccccc4C3)nc(-n3cccn3)n2)nc1. The molecule has 1 aliphatic heterocycles. The van der Waals surface area contributed by atoms with Crippen molar-refractivity contribution in [3.8, 4) is 5.95 Å². The third-order valence-electron chi connectivity index (χ3n) is 4.79. The standard InChI is InChI=1S/C21H19N7/c1-2-7-17-15-27(13-9-16(17)6-1)20-14-19(24-18-8-3-4-10-22-18)25-21(26-20)28-12-5-11-23-28/h1-8,10-12,14H,9,13,15H2,(H,22,24,25,26). The Morgan fingerprint density at radius 3 is 2.57 bits per heavy atom. The number of hydrogen-bond acceptors (Lipinski definition) is 6. The number of nitrogens with zero attached hydrogens (tertiary/aromatic N) is 6. The summed E-state index contributed by atoms with van der Waals surface area (Å²) < 4.78 is 1.67. The summed E-state index contributed by atoms with van der Waals surface area (Å²) >= 11 is 0. The Morgan fingerprint density at radius 2 is 1.75 bits per heavy atom. The van der Waals surface area contributed by atoms with Crippen molar-refractivity contribution in [3.63, 3.8) is 0 Å². The fourth-order valence-corrected chi connectivity index (χ4v) is 3.40. The van der Waals surface area contributed by atoms with E-state index in [4.69, 9.17) is 4.98 Å². The Kier molecular flexibility index (Phi) is 4.17. The van der Waals surface area contributed by atoms with Crippen LogP contribution in [0.2, 0.25) is 0 Å². The predicted molar refractivity (Wildman–Crippen MR) is 108 cm³/mol. The van der Waals surface area contributed by atoms with Crippen molar-refractivity contribution in [2.45, 2.75) is 13.0 Å². The highest BCUT2D eigenvalue weighted by Crippen LogP contribution is 2.26. The second kappa shape index (κ2) is 7.11. The normalized spacial score (nSPS) is 13.2. The van der Waals surface area contributed by atoms with Crippen molar-refractivity contribution >= 4 is 17.5 Å². The van der Waals surface area contributed by atoms with E-state index >= 15 is 0 Å². The molecular formula is C21H19N7. The zero-order chi connectivity index (χ0) is 18.8. The average Bonchev–Trinajstić information content (AvgIpc) is 3.29. The molecule has 0 fully saturated rings. The lowest BCUT2D eigenvalue weighted by Crippen LogP contribution is -2.31. The van der Waals surface area contributed by atoms with Crippen LogP contribution in [0.5, 0.6) is 0 Å². The number of benzene rings is 1. The van der Waals surface area contributed by atoms with Crippen molar-refractivity contribution < 1.29 is 0 Å². The molecule has 28 heavy (non-hydrogen) atoms. The van der Waals surface area contributed by atoms with E-state index < -0.39 is 0 Å². The fraction of sp³-hybridized carbons (Fsp3) is 0.143. The quantitative estimate of drug-likeness (QED) is 0.595. The second-order valence-electron chi connectivity index (χ2n) is 6.64. The Labute approximate surface area is 162 Å². The Bertz CT molecular complexity index is 1080. The first kappa shape index (κ1) is 16.4. The van der Waals surface area contributed by atoms with Gasteiger partial charge in [0.1, 0.15) is 17.5 Å². The second-order valence-corrected chi connectivity index (χ2v) is 6.64. The fourth-order valence-electron chi connectivity index (χ4n) is 3.40. The predicted octanol–water partition coefficient (Wildman–Crippen LogP) is 3.36. The summed E-state index contributed by atoms with van der Waals surface area (Å²) in [6, 6.07) is 18.1. The highest BCUT2D eigenvalue weighted by atomic mass is 15.4. The molecular weight excluding hydrogens is 350 g/mol. The zero-order valence-corrected chi connectivity index (χ0v) is 15.2. The van der Waals surface area contributed by atoms with E-state index in [9.17, 15) is 0 Å². The summed E-state index contributed by atoms with van der Waals surface area (Å²) in [6.45, 7) is 1.74. The first-order valence-corrected chi connectivity index (χ1v) is 9.24. The van der Waals surface area contributed by atoms with Gasteiger partial charge in [-0.05, 0) is 35.7 Å². The van der Waals surface area contributed by atoms with Crippen LogP contribution in [-0.2, 0) is 13.0 Å². The van der Waals surface area contributed by atoms with Gasteiger partial charge in [0.05, 0.1) is 0 Å². The molecule has 0 bridgehead atoms. The number of rotatable bonds is 4. The molecule has 5 rings (SSSR count). The summed E-state index contributed by atoms with van der Waals surface area (Å²) in [6.07, 6.45) is 6.31. The van der Waals surface area contributed by atoms with E-state index in [0.29, 0.717) is 11.8 Å². The molecule has 4 heterocycles. The number of hydrogen-bond donors (Lipinski definition) is 1. The molecule has 0 radical (unpaired) electrons. The lowest BCUT2D eigenvalue weighted by molar-refractivity contribution is 0.711. The van der Waals surface area contributed by atoms with Crippen LogP contribution >= 0.6 is 0 Å². The maximum atomic E-state index is 4.77. The average molecular weight is 369 g/mol. The molecule has 0 atom stereocenters. The molecule has 7 heteroatoms. The lowest BCUT2D eigenvalue weighted by atomic mass is 10.00. The number of anilines is 3. The lowest BCUT2D eigenvalue weighted by Gasteiger charge is -2.30. The van der Waals surface area contributed by atoms with Crippen molar-refractivity contribution in [2.75, 3.05) is 16.8 Å². The van der Waals surface area contributed by atoms with Gasteiger partial charge in [-0.1, -0.05) is 30.3 Å². The Hall–Kier alpha value is -3.74. The maximum Gasteiger partial charge on any atom is 0.254 e. The van der Waals surface area contributed by atoms with Crippen molar-refractivity contribution in [1.29, 1.82) is 0 Å². The van der Waals surface area contributed by atoms with Gasteiger partial charge in [-0.3, -0.25) is 0 Å².